The molecule has 0 saturated heterocycles. The van der Waals surface area contributed by atoms with E-state index in [4.69, 9.17) is 9.15 Å². The van der Waals surface area contributed by atoms with Crippen LogP contribution >= 0.6 is 0 Å². The number of phenolic OH excluding ortho intramolecular Hbond substituents is 1. The van der Waals surface area contributed by atoms with Crippen molar-refractivity contribution in [2.24, 2.45) is 0 Å². The summed E-state index contributed by atoms with van der Waals surface area (Å²) in [4.78, 5) is 11.4. The minimum atomic E-state index is -0.812. The second-order valence-electron chi connectivity index (χ2n) is 3.15. The molecule has 1 aromatic heterocycles. The Morgan fingerprint density at radius 3 is 2.81 bits per heavy atom. The molecule has 0 fully saturated rings. The van der Waals surface area contributed by atoms with E-state index in [9.17, 15) is 15.0 Å². The van der Waals surface area contributed by atoms with Gasteiger partial charge in [0, 0.05) is 0 Å². The van der Waals surface area contributed by atoms with Crippen molar-refractivity contribution in [2.75, 3.05) is 6.61 Å². The van der Waals surface area contributed by atoms with E-state index < -0.39 is 5.63 Å². The van der Waals surface area contributed by atoms with Gasteiger partial charge in [-0.05, 0) is 19.1 Å². The maximum Gasteiger partial charge on any atom is 0.383 e. The van der Waals surface area contributed by atoms with Gasteiger partial charge in [-0.15, -0.1) is 0 Å². The smallest absolute Gasteiger partial charge is 0.383 e. The number of para-hydroxylation sites is 1. The van der Waals surface area contributed by atoms with E-state index in [0.717, 1.165) is 0 Å². The first-order valence-corrected chi connectivity index (χ1v) is 4.75. The quantitative estimate of drug-likeness (QED) is 0.754. The van der Waals surface area contributed by atoms with Crippen molar-refractivity contribution in [2.45, 2.75) is 6.92 Å². The summed E-state index contributed by atoms with van der Waals surface area (Å²) >= 11 is 0. The number of rotatable bonds is 2. The van der Waals surface area contributed by atoms with Crippen LogP contribution in [-0.2, 0) is 0 Å². The lowest BCUT2D eigenvalue weighted by Crippen LogP contribution is -2.06. The van der Waals surface area contributed by atoms with Crippen molar-refractivity contribution in [3.8, 4) is 17.2 Å². The minimum absolute atomic E-state index is 0.0477. The number of hydrogen-bond donors (Lipinski definition) is 2. The van der Waals surface area contributed by atoms with E-state index in [1.807, 2.05) is 0 Å². The molecule has 0 unspecified atom stereocenters. The van der Waals surface area contributed by atoms with Gasteiger partial charge in [0.15, 0.2) is 17.1 Å². The summed E-state index contributed by atoms with van der Waals surface area (Å²) < 4.78 is 9.84. The molecule has 2 N–H and O–H groups in total. The first-order chi connectivity index (χ1) is 7.65. The molecule has 0 saturated carbocycles. The van der Waals surface area contributed by atoms with Gasteiger partial charge < -0.3 is 19.4 Å². The molecule has 5 heteroatoms. The average molecular weight is 222 g/mol. The predicted molar refractivity (Wildman–Crippen MR) is 57.0 cm³/mol. The molecule has 0 aliphatic rings. The van der Waals surface area contributed by atoms with Gasteiger partial charge in [0.1, 0.15) is 0 Å². The van der Waals surface area contributed by atoms with Gasteiger partial charge in [-0.3, -0.25) is 0 Å². The molecule has 0 amide bonds. The largest absolute Gasteiger partial charge is 0.504 e. The third-order valence-corrected chi connectivity index (χ3v) is 2.13. The Labute approximate surface area is 90.5 Å². The Balaban J connectivity index is 2.84. The molecule has 16 heavy (non-hydrogen) atoms. The predicted octanol–water partition coefficient (Wildman–Crippen LogP) is 1.60. The minimum Gasteiger partial charge on any atom is -0.504 e. The summed E-state index contributed by atoms with van der Waals surface area (Å²) in [7, 11) is 0. The van der Waals surface area contributed by atoms with Gasteiger partial charge in [0.2, 0.25) is 5.75 Å². The topological polar surface area (TPSA) is 79.9 Å². The molecule has 84 valence electrons. The van der Waals surface area contributed by atoms with Gasteiger partial charge in [-0.25, -0.2) is 4.79 Å². The van der Waals surface area contributed by atoms with Crippen LogP contribution < -0.4 is 10.4 Å². The molecule has 0 atom stereocenters. The summed E-state index contributed by atoms with van der Waals surface area (Å²) in [6, 6.07) is 4.42. The Bertz CT molecular complexity index is 585. The van der Waals surface area contributed by atoms with E-state index in [1.165, 1.54) is 18.2 Å². The maximum atomic E-state index is 11.4. The van der Waals surface area contributed by atoms with Crippen LogP contribution in [-0.4, -0.2) is 16.8 Å². The van der Waals surface area contributed by atoms with Crippen molar-refractivity contribution >= 4 is 11.0 Å². The highest BCUT2D eigenvalue weighted by atomic mass is 16.5. The zero-order valence-corrected chi connectivity index (χ0v) is 8.56. The van der Waals surface area contributed by atoms with Gasteiger partial charge in [0.05, 0.1) is 12.0 Å². The molecule has 0 aliphatic heterocycles. The third-order valence-electron chi connectivity index (χ3n) is 2.13. The number of fused-ring (bicyclic) bond motifs is 1. The SMILES string of the molecule is CCOc1c(O)c2cccc(O)c2oc1=O. The first kappa shape index (κ1) is 10.4. The average Bonchev–Trinajstić information content (AvgIpc) is 2.26. The van der Waals surface area contributed by atoms with Crippen LogP contribution in [0.2, 0.25) is 0 Å². The fourth-order valence-corrected chi connectivity index (χ4v) is 1.45. The van der Waals surface area contributed by atoms with Crippen LogP contribution in [0, 0.1) is 0 Å². The standard InChI is InChI=1S/C11H10O5/c1-2-15-10-8(13)6-4-3-5-7(12)9(6)16-11(10)14/h3-5,12-13H,2H2,1H3. The monoisotopic (exact) mass is 222 g/mol. The lowest BCUT2D eigenvalue weighted by Gasteiger charge is -2.06. The normalized spacial score (nSPS) is 10.6. The Morgan fingerprint density at radius 1 is 1.38 bits per heavy atom. The lowest BCUT2D eigenvalue weighted by atomic mass is 10.2. The molecule has 0 aliphatic carbocycles. The summed E-state index contributed by atoms with van der Waals surface area (Å²) in [5.74, 6) is -0.752. The number of ether oxygens (including phenoxy) is 1. The van der Waals surface area contributed by atoms with Crippen LogP contribution in [0.5, 0.6) is 17.2 Å². The van der Waals surface area contributed by atoms with Crippen LogP contribution in [0.3, 0.4) is 0 Å². The molecule has 5 nitrogen and oxygen atoms in total. The molecule has 0 spiro atoms. The van der Waals surface area contributed by atoms with Crippen LogP contribution in [0.25, 0.3) is 11.0 Å². The zero-order chi connectivity index (χ0) is 11.7. The van der Waals surface area contributed by atoms with Crippen molar-refractivity contribution in [1.29, 1.82) is 0 Å². The third kappa shape index (κ3) is 1.46. The van der Waals surface area contributed by atoms with Crippen molar-refractivity contribution in [1.82, 2.24) is 0 Å². The van der Waals surface area contributed by atoms with Gasteiger partial charge in [-0.2, -0.15) is 0 Å². The Morgan fingerprint density at radius 2 is 2.12 bits per heavy atom. The van der Waals surface area contributed by atoms with Crippen LogP contribution in [0.1, 0.15) is 6.92 Å². The maximum absolute atomic E-state index is 11.4. The van der Waals surface area contributed by atoms with Gasteiger partial charge >= 0.3 is 5.63 Å². The number of phenols is 1. The highest BCUT2D eigenvalue weighted by Gasteiger charge is 2.16. The second-order valence-corrected chi connectivity index (χ2v) is 3.15. The highest BCUT2D eigenvalue weighted by Crippen LogP contribution is 2.34. The summed E-state index contributed by atoms with van der Waals surface area (Å²) in [6.07, 6.45) is 0. The molecule has 2 rings (SSSR count). The van der Waals surface area contributed by atoms with E-state index in [2.05, 4.69) is 0 Å². The summed E-state index contributed by atoms with van der Waals surface area (Å²) in [5.41, 5.74) is -0.859. The molecule has 1 aromatic carbocycles. The number of hydrogen-bond acceptors (Lipinski definition) is 5. The molecule has 0 bridgehead atoms. The fourth-order valence-electron chi connectivity index (χ4n) is 1.45. The molecule has 0 radical (unpaired) electrons. The van der Waals surface area contributed by atoms with Crippen LogP contribution in [0.15, 0.2) is 27.4 Å². The molecule has 1 heterocycles. The van der Waals surface area contributed by atoms with Gasteiger partial charge in [0.25, 0.3) is 0 Å². The Kier molecular flexibility index (Phi) is 2.44. The van der Waals surface area contributed by atoms with Crippen LogP contribution in [0.4, 0.5) is 0 Å². The number of benzene rings is 1. The second kappa shape index (κ2) is 3.77. The van der Waals surface area contributed by atoms with E-state index in [-0.39, 0.29) is 34.8 Å². The first-order valence-electron chi connectivity index (χ1n) is 4.75. The Hall–Kier alpha value is -2.17. The molecular weight excluding hydrogens is 212 g/mol. The van der Waals surface area contributed by atoms with E-state index in [1.54, 1.807) is 6.92 Å². The zero-order valence-electron chi connectivity index (χ0n) is 8.56. The summed E-state index contributed by atoms with van der Waals surface area (Å²) in [5, 5.41) is 19.5. The van der Waals surface area contributed by atoms with Crippen molar-refractivity contribution < 1.29 is 19.4 Å². The van der Waals surface area contributed by atoms with Crippen molar-refractivity contribution in [3.63, 3.8) is 0 Å². The highest BCUT2D eigenvalue weighted by molar-refractivity contribution is 5.89. The fraction of sp³-hybridized carbons (Fsp3) is 0.182. The lowest BCUT2D eigenvalue weighted by molar-refractivity contribution is 0.300. The van der Waals surface area contributed by atoms with E-state index in [0.29, 0.717) is 0 Å². The molecule has 2 aromatic rings. The summed E-state index contributed by atoms with van der Waals surface area (Å²) in [6.45, 7) is 1.92. The number of aromatic hydroxyl groups is 2. The van der Waals surface area contributed by atoms with Crippen molar-refractivity contribution in [3.05, 3.63) is 28.6 Å². The molecular formula is C11H10O5. The van der Waals surface area contributed by atoms with Gasteiger partial charge in [-0.1, -0.05) is 6.07 Å². The van der Waals surface area contributed by atoms with E-state index >= 15 is 0 Å².